The largest absolute Gasteiger partial charge is 0.508 e. The van der Waals surface area contributed by atoms with E-state index in [0.717, 1.165) is 5.56 Å². The number of aliphatic hydroxyl groups is 1. The summed E-state index contributed by atoms with van der Waals surface area (Å²) < 4.78 is 5.02. The summed E-state index contributed by atoms with van der Waals surface area (Å²) in [5.41, 5.74) is 0.862. The van der Waals surface area contributed by atoms with Crippen molar-refractivity contribution in [3.8, 4) is 17.2 Å². The summed E-state index contributed by atoms with van der Waals surface area (Å²) in [7, 11) is 1.44. The third-order valence-corrected chi connectivity index (χ3v) is 3.41. The summed E-state index contributed by atoms with van der Waals surface area (Å²) >= 11 is 0. The number of rotatable bonds is 6. The van der Waals surface area contributed by atoms with Gasteiger partial charge in [-0.15, -0.1) is 0 Å². The number of phenols is 2. The van der Waals surface area contributed by atoms with Crippen LogP contribution in [0.3, 0.4) is 0 Å². The van der Waals surface area contributed by atoms with Crippen molar-refractivity contribution in [1.29, 1.82) is 0 Å². The molecule has 0 saturated heterocycles. The van der Waals surface area contributed by atoms with Gasteiger partial charge in [-0.05, 0) is 36.2 Å². The van der Waals surface area contributed by atoms with Gasteiger partial charge >= 0.3 is 11.9 Å². The molecule has 0 unspecified atom stereocenters. The van der Waals surface area contributed by atoms with Crippen molar-refractivity contribution in [3.63, 3.8) is 0 Å². The summed E-state index contributed by atoms with van der Waals surface area (Å²) in [6, 6.07) is 8.58. The highest BCUT2D eigenvalue weighted by molar-refractivity contribution is 5.92. The molecule has 0 saturated carbocycles. The number of phenolic OH excluding ortho intramolecular Hbond substituents is 2. The Labute approximate surface area is 138 Å². The van der Waals surface area contributed by atoms with E-state index in [9.17, 15) is 20.1 Å². The van der Waals surface area contributed by atoms with Gasteiger partial charge in [0, 0.05) is 0 Å². The normalized spacial score (nSPS) is 11.3. The lowest BCUT2D eigenvalue weighted by atomic mass is 10.1. The Morgan fingerprint density at radius 3 is 2.54 bits per heavy atom. The monoisotopic (exact) mass is 332 g/mol. The second-order valence-electron chi connectivity index (χ2n) is 5.11. The molecule has 0 aliphatic carbocycles. The number of aromatic hydroxyl groups is 2. The van der Waals surface area contributed by atoms with E-state index in [1.165, 1.54) is 31.4 Å². The number of nitrogens with one attached hydrogen (secondary N) is 1. The van der Waals surface area contributed by atoms with Crippen LogP contribution in [0.2, 0.25) is 0 Å². The van der Waals surface area contributed by atoms with Gasteiger partial charge < -0.3 is 25.2 Å². The molecular weight excluding hydrogens is 314 g/mol. The first kappa shape index (κ1) is 17.1. The van der Waals surface area contributed by atoms with E-state index in [-0.39, 0.29) is 35.1 Å². The number of hydrogen-bond acceptors (Lipinski definition) is 4. The summed E-state index contributed by atoms with van der Waals surface area (Å²) in [4.78, 5) is 13.7. The van der Waals surface area contributed by atoms with Gasteiger partial charge in [-0.3, -0.25) is 0 Å². The molecule has 0 atom stereocenters. The Morgan fingerprint density at radius 2 is 1.88 bits per heavy atom. The van der Waals surface area contributed by atoms with Gasteiger partial charge in [0.05, 0.1) is 19.6 Å². The average molecular weight is 332 g/mol. The van der Waals surface area contributed by atoms with Crippen LogP contribution in [0.4, 0.5) is 5.69 Å². The van der Waals surface area contributed by atoms with E-state index in [0.29, 0.717) is 12.2 Å². The molecule has 2 aromatic rings. The van der Waals surface area contributed by atoms with Crippen LogP contribution in [0.1, 0.15) is 22.3 Å². The number of carbonyl (C=O) groups is 1. The Bertz CT molecular complexity index is 785. The van der Waals surface area contributed by atoms with Crippen LogP contribution >= 0.6 is 0 Å². The second-order valence-corrected chi connectivity index (χ2v) is 5.11. The summed E-state index contributed by atoms with van der Waals surface area (Å²) in [5, 5.41) is 38.1. The van der Waals surface area contributed by atoms with E-state index < -0.39 is 5.97 Å². The number of carboxylic acid groups (broad SMARTS) is 1. The first-order chi connectivity index (χ1) is 11.4. The van der Waals surface area contributed by atoms with Crippen molar-refractivity contribution in [3.05, 3.63) is 47.5 Å². The molecule has 0 heterocycles. The van der Waals surface area contributed by atoms with Gasteiger partial charge in [0.2, 0.25) is 5.69 Å². The molecule has 0 aliphatic rings. The smallest absolute Gasteiger partial charge is 0.342 e. The van der Waals surface area contributed by atoms with Crippen molar-refractivity contribution in [2.75, 3.05) is 7.11 Å². The number of aryl methyl sites for hydroxylation is 1. The number of ether oxygens (including phenoxy) is 1. The van der Waals surface area contributed by atoms with E-state index in [2.05, 4.69) is 4.99 Å². The highest BCUT2D eigenvalue weighted by atomic mass is 16.5. The fourth-order valence-corrected chi connectivity index (χ4v) is 2.18. The van der Waals surface area contributed by atoms with Gasteiger partial charge in [0.1, 0.15) is 11.3 Å². The zero-order valence-corrected chi connectivity index (χ0v) is 13.0. The third-order valence-electron chi connectivity index (χ3n) is 3.41. The van der Waals surface area contributed by atoms with Crippen molar-refractivity contribution >= 4 is 17.6 Å². The Morgan fingerprint density at radius 1 is 1.12 bits per heavy atom. The summed E-state index contributed by atoms with van der Waals surface area (Å²) in [6.07, 6.45) is 0.652. The SMILES string of the molecule is COc1cc(CCC(O)=[NH+]c2cc(O)ccc2C(=O)O)ccc1O. The number of aromatic carboxylic acids is 1. The summed E-state index contributed by atoms with van der Waals surface area (Å²) in [6.45, 7) is 0. The molecule has 2 aromatic carbocycles. The minimum atomic E-state index is -1.17. The molecule has 7 nitrogen and oxygen atoms in total. The van der Waals surface area contributed by atoms with Gasteiger partial charge in [0.15, 0.2) is 11.5 Å². The van der Waals surface area contributed by atoms with Crippen LogP contribution in [0.25, 0.3) is 0 Å². The molecule has 0 spiro atoms. The second kappa shape index (κ2) is 7.36. The molecule has 2 rings (SSSR count). The van der Waals surface area contributed by atoms with Crippen LogP contribution in [-0.4, -0.2) is 39.4 Å². The molecule has 0 aromatic heterocycles. The van der Waals surface area contributed by atoms with Crippen LogP contribution in [0, 0.1) is 0 Å². The van der Waals surface area contributed by atoms with E-state index >= 15 is 0 Å². The first-order valence-electron chi connectivity index (χ1n) is 7.14. The fraction of sp³-hybridized carbons (Fsp3) is 0.176. The molecule has 0 radical (unpaired) electrons. The van der Waals surface area contributed by atoms with Crippen molar-refractivity contribution in [2.45, 2.75) is 12.8 Å². The predicted octanol–water partition coefficient (Wildman–Crippen LogP) is 1.11. The lowest BCUT2D eigenvalue weighted by molar-refractivity contribution is -0.367. The Kier molecular flexibility index (Phi) is 5.26. The maximum absolute atomic E-state index is 11.1. The maximum Gasteiger partial charge on any atom is 0.342 e. The minimum absolute atomic E-state index is 0.0263. The number of benzene rings is 2. The highest BCUT2D eigenvalue weighted by Crippen LogP contribution is 2.26. The molecule has 0 aliphatic heterocycles. The van der Waals surface area contributed by atoms with Crippen LogP contribution in [0.5, 0.6) is 17.2 Å². The third kappa shape index (κ3) is 4.16. The van der Waals surface area contributed by atoms with Gasteiger partial charge in [-0.1, -0.05) is 6.07 Å². The molecule has 126 valence electrons. The average Bonchev–Trinajstić information content (AvgIpc) is 2.53. The van der Waals surface area contributed by atoms with Crippen LogP contribution < -0.4 is 9.73 Å². The topological polar surface area (TPSA) is 121 Å². The number of hydrogen-bond donors (Lipinski definition) is 5. The van der Waals surface area contributed by atoms with E-state index in [4.69, 9.17) is 9.84 Å². The van der Waals surface area contributed by atoms with E-state index in [1.54, 1.807) is 12.1 Å². The highest BCUT2D eigenvalue weighted by Gasteiger charge is 2.16. The standard InChI is InChI=1S/C17H17NO6/c1-24-15-8-10(2-6-14(15)20)3-7-16(21)18-13-9-11(19)4-5-12(13)17(22)23/h2,4-6,8-9,19-20H,3,7H2,1H3,(H,18,21)(H,22,23)/p+1. The number of methoxy groups -OCH3 is 1. The van der Waals surface area contributed by atoms with Gasteiger partial charge in [-0.2, -0.15) is 4.99 Å². The van der Waals surface area contributed by atoms with Crippen LogP contribution in [-0.2, 0) is 6.42 Å². The number of carboxylic acids is 1. The molecule has 0 bridgehead atoms. The fourth-order valence-electron chi connectivity index (χ4n) is 2.18. The summed E-state index contributed by atoms with van der Waals surface area (Å²) in [5.74, 6) is -1.07. The maximum atomic E-state index is 11.1. The quantitative estimate of drug-likeness (QED) is 0.399. The molecule has 7 heteroatoms. The van der Waals surface area contributed by atoms with E-state index in [1.807, 2.05) is 0 Å². The molecule has 0 fully saturated rings. The first-order valence-corrected chi connectivity index (χ1v) is 7.14. The molecule has 0 amide bonds. The minimum Gasteiger partial charge on any atom is -0.508 e. The lowest BCUT2D eigenvalue weighted by Gasteiger charge is -2.05. The Balaban J connectivity index is 2.15. The molecular formula is C17H18NO6+. The van der Waals surface area contributed by atoms with Crippen molar-refractivity contribution in [2.24, 2.45) is 0 Å². The molecule has 24 heavy (non-hydrogen) atoms. The predicted molar refractivity (Wildman–Crippen MR) is 86.3 cm³/mol. The zero-order valence-electron chi connectivity index (χ0n) is 13.0. The zero-order chi connectivity index (χ0) is 17.7. The van der Waals surface area contributed by atoms with Crippen LogP contribution in [0.15, 0.2) is 36.4 Å². The van der Waals surface area contributed by atoms with Crippen molar-refractivity contribution < 1.29 is 34.9 Å². The van der Waals surface area contributed by atoms with Gasteiger partial charge in [0.25, 0.3) is 0 Å². The molecule has 5 N–H and O–H groups in total. The number of aliphatic hydroxyl groups excluding tert-OH is 1. The van der Waals surface area contributed by atoms with Crippen molar-refractivity contribution in [1.82, 2.24) is 0 Å². The van der Waals surface area contributed by atoms with Gasteiger partial charge in [-0.25, -0.2) is 4.79 Å². The Hall–Kier alpha value is -3.22. The lowest BCUT2D eigenvalue weighted by Crippen LogP contribution is -2.67.